The van der Waals surface area contributed by atoms with Gasteiger partial charge in [0.2, 0.25) is 5.91 Å². The summed E-state index contributed by atoms with van der Waals surface area (Å²) in [7, 11) is 0. The summed E-state index contributed by atoms with van der Waals surface area (Å²) in [4.78, 5) is 21.9. The Labute approximate surface area is 132 Å². The molecule has 3 aliphatic rings. The molecule has 1 aliphatic carbocycles. The number of piperidine rings is 2. The van der Waals surface area contributed by atoms with E-state index in [1.54, 1.807) is 0 Å². The van der Waals surface area contributed by atoms with Gasteiger partial charge in [-0.3, -0.25) is 14.7 Å². The molecule has 3 heterocycles. The SMILES string of the molecule is Cc1cccnc1CN1CC[C@H]2C[C@@H]1C(=O)N(CC1CC1)C2. The Morgan fingerprint density at radius 1 is 1.32 bits per heavy atom. The molecule has 0 radical (unpaired) electrons. The van der Waals surface area contributed by atoms with Gasteiger partial charge in [0.1, 0.15) is 0 Å². The molecular weight excluding hydrogens is 274 g/mol. The van der Waals surface area contributed by atoms with E-state index in [4.69, 9.17) is 0 Å². The van der Waals surface area contributed by atoms with Gasteiger partial charge in [-0.15, -0.1) is 0 Å². The van der Waals surface area contributed by atoms with Crippen molar-refractivity contribution in [2.24, 2.45) is 11.8 Å². The molecule has 0 N–H and O–H groups in total. The van der Waals surface area contributed by atoms with Crippen molar-refractivity contribution in [3.8, 4) is 0 Å². The first kappa shape index (κ1) is 14.2. The summed E-state index contributed by atoms with van der Waals surface area (Å²) in [5.74, 6) is 1.87. The van der Waals surface area contributed by atoms with Crippen LogP contribution in [0.15, 0.2) is 18.3 Å². The standard InChI is InChI=1S/C18H25N3O/c1-13-3-2-7-19-16(13)12-20-8-6-15-9-17(20)18(22)21(11-15)10-14-4-5-14/h2-3,7,14-15,17H,4-6,8-12H2,1H3/t15-,17+/m0/s1. The van der Waals surface area contributed by atoms with Crippen molar-refractivity contribution < 1.29 is 4.79 Å². The number of carbonyl (C=O) groups is 1. The molecule has 4 nitrogen and oxygen atoms in total. The Kier molecular flexibility index (Phi) is 3.65. The fourth-order valence-corrected chi connectivity index (χ4v) is 3.96. The summed E-state index contributed by atoms with van der Waals surface area (Å²) in [5.41, 5.74) is 2.34. The van der Waals surface area contributed by atoms with E-state index in [1.807, 2.05) is 12.3 Å². The van der Waals surface area contributed by atoms with Crippen LogP contribution in [0.2, 0.25) is 0 Å². The lowest BCUT2D eigenvalue weighted by Gasteiger charge is -2.46. The number of hydrogen-bond acceptors (Lipinski definition) is 3. The second-order valence-electron chi connectivity index (χ2n) is 7.33. The lowest BCUT2D eigenvalue weighted by Crippen LogP contribution is -2.58. The van der Waals surface area contributed by atoms with Gasteiger partial charge in [-0.1, -0.05) is 6.07 Å². The fourth-order valence-electron chi connectivity index (χ4n) is 3.96. The molecule has 0 spiro atoms. The molecule has 2 atom stereocenters. The average Bonchev–Trinajstić information content (AvgIpc) is 3.33. The molecule has 2 aliphatic heterocycles. The predicted molar refractivity (Wildman–Crippen MR) is 85.2 cm³/mol. The molecule has 4 rings (SSSR count). The molecule has 2 bridgehead atoms. The zero-order chi connectivity index (χ0) is 15.1. The number of aryl methyl sites for hydroxylation is 1. The van der Waals surface area contributed by atoms with E-state index in [9.17, 15) is 4.79 Å². The van der Waals surface area contributed by atoms with Crippen LogP contribution in [-0.2, 0) is 11.3 Å². The van der Waals surface area contributed by atoms with Crippen molar-refractivity contribution in [3.05, 3.63) is 29.6 Å². The molecule has 0 aromatic carbocycles. The van der Waals surface area contributed by atoms with E-state index in [2.05, 4.69) is 27.8 Å². The fraction of sp³-hybridized carbons (Fsp3) is 0.667. The Morgan fingerprint density at radius 2 is 2.18 bits per heavy atom. The quantitative estimate of drug-likeness (QED) is 0.855. The van der Waals surface area contributed by atoms with Crippen molar-refractivity contribution in [2.75, 3.05) is 19.6 Å². The van der Waals surface area contributed by atoms with E-state index >= 15 is 0 Å². The van der Waals surface area contributed by atoms with E-state index < -0.39 is 0 Å². The van der Waals surface area contributed by atoms with Crippen LogP contribution in [0.5, 0.6) is 0 Å². The first-order chi connectivity index (χ1) is 10.7. The van der Waals surface area contributed by atoms with Crippen LogP contribution in [0, 0.1) is 18.8 Å². The van der Waals surface area contributed by atoms with Crippen molar-refractivity contribution in [2.45, 2.75) is 45.2 Å². The van der Waals surface area contributed by atoms with Crippen LogP contribution in [0.4, 0.5) is 0 Å². The van der Waals surface area contributed by atoms with Gasteiger partial charge in [0, 0.05) is 25.8 Å². The van der Waals surface area contributed by atoms with Crippen LogP contribution < -0.4 is 0 Å². The van der Waals surface area contributed by atoms with Crippen LogP contribution in [0.25, 0.3) is 0 Å². The molecule has 1 aromatic heterocycles. The molecule has 22 heavy (non-hydrogen) atoms. The lowest BCUT2D eigenvalue weighted by atomic mass is 9.85. The van der Waals surface area contributed by atoms with Crippen LogP contribution in [-0.4, -0.2) is 46.4 Å². The number of likely N-dealkylation sites (tertiary alicyclic amines) is 2. The Balaban J connectivity index is 1.49. The van der Waals surface area contributed by atoms with Crippen molar-refractivity contribution in [3.63, 3.8) is 0 Å². The minimum absolute atomic E-state index is 0.0904. The molecule has 1 aromatic rings. The first-order valence-corrected chi connectivity index (χ1v) is 8.64. The zero-order valence-electron chi connectivity index (χ0n) is 13.4. The van der Waals surface area contributed by atoms with Crippen LogP contribution >= 0.6 is 0 Å². The monoisotopic (exact) mass is 299 g/mol. The molecule has 118 valence electrons. The lowest BCUT2D eigenvalue weighted by molar-refractivity contribution is -0.146. The predicted octanol–water partition coefficient (Wildman–Crippen LogP) is 2.22. The third kappa shape index (κ3) is 2.76. The zero-order valence-corrected chi connectivity index (χ0v) is 13.4. The molecule has 1 saturated carbocycles. The molecule has 2 saturated heterocycles. The number of hydrogen-bond donors (Lipinski definition) is 0. The van der Waals surface area contributed by atoms with Gasteiger partial charge in [0.15, 0.2) is 0 Å². The Hall–Kier alpha value is -1.42. The van der Waals surface area contributed by atoms with E-state index in [-0.39, 0.29) is 6.04 Å². The molecule has 0 unspecified atom stereocenters. The highest BCUT2D eigenvalue weighted by molar-refractivity contribution is 5.83. The smallest absolute Gasteiger partial charge is 0.239 e. The largest absolute Gasteiger partial charge is 0.341 e. The number of fused-ring (bicyclic) bond motifs is 2. The maximum Gasteiger partial charge on any atom is 0.239 e. The maximum absolute atomic E-state index is 12.8. The van der Waals surface area contributed by atoms with Gasteiger partial charge >= 0.3 is 0 Å². The Morgan fingerprint density at radius 3 is 2.95 bits per heavy atom. The average molecular weight is 299 g/mol. The molecule has 3 fully saturated rings. The number of nitrogens with zero attached hydrogens (tertiary/aromatic N) is 3. The minimum Gasteiger partial charge on any atom is -0.341 e. The number of aromatic nitrogens is 1. The van der Waals surface area contributed by atoms with Gasteiger partial charge in [-0.05, 0) is 62.6 Å². The normalized spacial score (nSPS) is 29.0. The van der Waals surface area contributed by atoms with Crippen molar-refractivity contribution in [1.29, 1.82) is 0 Å². The summed E-state index contributed by atoms with van der Waals surface area (Å²) in [6.45, 7) is 5.96. The summed E-state index contributed by atoms with van der Waals surface area (Å²) >= 11 is 0. The highest BCUT2D eigenvalue weighted by atomic mass is 16.2. The van der Waals surface area contributed by atoms with Gasteiger partial charge < -0.3 is 4.90 Å². The summed E-state index contributed by atoms with van der Waals surface area (Å²) < 4.78 is 0. The Bertz CT molecular complexity index is 569. The van der Waals surface area contributed by atoms with Gasteiger partial charge in [-0.25, -0.2) is 0 Å². The van der Waals surface area contributed by atoms with E-state index in [1.165, 1.54) is 24.8 Å². The second-order valence-corrected chi connectivity index (χ2v) is 7.33. The number of rotatable bonds is 4. The summed E-state index contributed by atoms with van der Waals surface area (Å²) in [5, 5.41) is 0. The first-order valence-electron chi connectivity index (χ1n) is 8.64. The van der Waals surface area contributed by atoms with Gasteiger partial charge in [-0.2, -0.15) is 0 Å². The van der Waals surface area contributed by atoms with E-state index in [0.717, 1.165) is 44.2 Å². The third-order valence-electron chi connectivity index (χ3n) is 5.54. The minimum atomic E-state index is 0.0904. The van der Waals surface area contributed by atoms with E-state index in [0.29, 0.717) is 11.8 Å². The number of amides is 1. The highest BCUT2D eigenvalue weighted by Crippen LogP contribution is 2.35. The van der Waals surface area contributed by atoms with Gasteiger partial charge in [0.05, 0.1) is 11.7 Å². The molecule has 4 heteroatoms. The van der Waals surface area contributed by atoms with Crippen molar-refractivity contribution in [1.82, 2.24) is 14.8 Å². The molecule has 1 amide bonds. The van der Waals surface area contributed by atoms with Crippen LogP contribution in [0.1, 0.15) is 36.9 Å². The molecular formula is C18H25N3O. The van der Waals surface area contributed by atoms with Crippen molar-refractivity contribution >= 4 is 5.91 Å². The second kappa shape index (κ2) is 5.65. The number of carbonyl (C=O) groups excluding carboxylic acids is 1. The summed E-state index contributed by atoms with van der Waals surface area (Å²) in [6.07, 6.45) is 6.76. The highest BCUT2D eigenvalue weighted by Gasteiger charge is 2.42. The summed E-state index contributed by atoms with van der Waals surface area (Å²) in [6, 6.07) is 4.18. The maximum atomic E-state index is 12.8. The van der Waals surface area contributed by atoms with Gasteiger partial charge in [0.25, 0.3) is 0 Å². The third-order valence-corrected chi connectivity index (χ3v) is 5.54. The topological polar surface area (TPSA) is 36.4 Å². The number of pyridine rings is 1. The van der Waals surface area contributed by atoms with Crippen LogP contribution in [0.3, 0.4) is 0 Å².